The Morgan fingerprint density at radius 2 is 1.29 bits per heavy atom. The van der Waals surface area contributed by atoms with Gasteiger partial charge in [0, 0.05) is 11.1 Å². The van der Waals surface area contributed by atoms with Crippen LogP contribution in [0.15, 0.2) is 79.1 Å². The van der Waals surface area contributed by atoms with Gasteiger partial charge in [-0.2, -0.15) is 31.4 Å². The van der Waals surface area contributed by atoms with E-state index in [0.29, 0.717) is 0 Å². The molecule has 3 heterocycles. The third kappa shape index (κ3) is 6.22. The van der Waals surface area contributed by atoms with Gasteiger partial charge in [0.05, 0.1) is 61.2 Å². The highest BCUT2D eigenvalue weighted by Gasteiger charge is 2.37. The van der Waals surface area contributed by atoms with E-state index in [1.807, 2.05) is 0 Å². The standard InChI is InChI=1S/C33H21F8N5O2/c1-47-18-7-9-20(23(12-18)32(36,37)38)26-11-6-17(30(43-26)21-10-8-19(48-2)13-24(21)33(39,40)41)15-46-16-28-27(14-42-46)44-31(45-28)22-4-3-5-25(34)29(22)35/h3-14,16H,15H2,1-2H3. The lowest BCUT2D eigenvalue weighted by Gasteiger charge is -2.19. The Kier molecular flexibility index (Phi) is 8.23. The Balaban J connectivity index is 1.50. The Labute approximate surface area is 266 Å². The zero-order valence-corrected chi connectivity index (χ0v) is 24.8. The first kappa shape index (κ1) is 32.3. The summed E-state index contributed by atoms with van der Waals surface area (Å²) in [6, 6.07) is 12.5. The summed E-state index contributed by atoms with van der Waals surface area (Å²) >= 11 is 0. The van der Waals surface area contributed by atoms with Crippen LogP contribution in [0.5, 0.6) is 11.5 Å². The number of pyridine rings is 1. The van der Waals surface area contributed by atoms with Gasteiger partial charge in [0.15, 0.2) is 17.5 Å². The van der Waals surface area contributed by atoms with Gasteiger partial charge in [-0.3, -0.25) is 4.68 Å². The Morgan fingerprint density at radius 3 is 1.94 bits per heavy atom. The van der Waals surface area contributed by atoms with Crippen molar-refractivity contribution in [3.8, 4) is 56.8 Å². The van der Waals surface area contributed by atoms with Crippen LogP contribution in [-0.4, -0.2) is 39.0 Å². The van der Waals surface area contributed by atoms with E-state index in [0.717, 1.165) is 30.3 Å². The fourth-order valence-corrected chi connectivity index (χ4v) is 5.12. The van der Waals surface area contributed by atoms with Crippen LogP contribution in [0.2, 0.25) is 0 Å². The summed E-state index contributed by atoms with van der Waals surface area (Å²) in [5.41, 5.74) is -3.12. The van der Waals surface area contributed by atoms with Crippen molar-refractivity contribution in [3.05, 3.63) is 107 Å². The molecule has 0 spiro atoms. The average molecular weight is 672 g/mol. The summed E-state index contributed by atoms with van der Waals surface area (Å²) in [4.78, 5) is 12.8. The van der Waals surface area contributed by atoms with Gasteiger partial charge in [-0.15, -0.1) is 0 Å². The summed E-state index contributed by atoms with van der Waals surface area (Å²) in [5, 5.41) is 4.24. The highest BCUT2D eigenvalue weighted by molar-refractivity contribution is 5.74. The fourth-order valence-electron chi connectivity index (χ4n) is 5.12. The third-order valence-electron chi connectivity index (χ3n) is 7.41. The summed E-state index contributed by atoms with van der Waals surface area (Å²) in [6.45, 7) is -0.215. The van der Waals surface area contributed by atoms with E-state index in [1.54, 1.807) is 0 Å². The second-order valence-electron chi connectivity index (χ2n) is 10.4. The molecule has 0 bridgehead atoms. The molecule has 246 valence electrons. The number of methoxy groups -OCH3 is 2. The van der Waals surface area contributed by atoms with E-state index >= 15 is 0 Å². The van der Waals surface area contributed by atoms with Crippen molar-refractivity contribution in [2.24, 2.45) is 0 Å². The number of rotatable bonds is 7. The maximum atomic E-state index is 14.4. The molecule has 0 N–H and O–H groups in total. The molecule has 0 unspecified atom stereocenters. The van der Waals surface area contributed by atoms with Crippen molar-refractivity contribution in [2.45, 2.75) is 18.9 Å². The molecule has 1 aromatic heterocycles. The number of alkyl halides is 6. The number of hydrogen-bond acceptors (Lipinski definition) is 6. The van der Waals surface area contributed by atoms with Gasteiger partial charge in [0.1, 0.15) is 22.9 Å². The number of halogens is 8. The lowest BCUT2D eigenvalue weighted by Crippen LogP contribution is -2.12. The molecule has 15 heteroatoms. The van der Waals surface area contributed by atoms with Gasteiger partial charge in [-0.1, -0.05) is 12.1 Å². The lowest BCUT2D eigenvalue weighted by atomic mass is 9.97. The Morgan fingerprint density at radius 1 is 0.667 bits per heavy atom. The number of ether oxygens (including phenoxy) is 2. The van der Waals surface area contributed by atoms with E-state index < -0.39 is 40.7 Å². The molecule has 6 rings (SSSR count). The first-order valence-corrected chi connectivity index (χ1v) is 13.9. The number of nitrogens with zero attached hydrogens (tertiary/aromatic N) is 5. The SMILES string of the molecule is COc1ccc(-c2ccc(Cn3cc4nc(-c5cccc(F)c5F)nc-4cn3)c(-c3ccc(OC)cc3C(F)(F)F)n2)c(C(F)(F)F)c1. The van der Waals surface area contributed by atoms with Gasteiger partial charge in [-0.05, 0) is 60.2 Å². The normalized spacial score (nSPS) is 12.0. The molecule has 3 aromatic carbocycles. The maximum absolute atomic E-state index is 14.4. The number of fused-ring (bicyclic) bond motifs is 1. The molecule has 7 nitrogen and oxygen atoms in total. The monoisotopic (exact) mass is 671 g/mol. The summed E-state index contributed by atoms with van der Waals surface area (Å²) < 4.78 is 125. The molecule has 2 aliphatic rings. The number of aromatic nitrogens is 5. The van der Waals surface area contributed by atoms with Crippen molar-refractivity contribution in [2.75, 3.05) is 14.2 Å². The van der Waals surface area contributed by atoms with Crippen LogP contribution in [0.25, 0.3) is 45.3 Å². The molecule has 0 saturated carbocycles. The van der Waals surface area contributed by atoms with Crippen LogP contribution >= 0.6 is 0 Å². The molecular formula is C33H21F8N5O2. The van der Waals surface area contributed by atoms with E-state index in [2.05, 4.69) is 20.1 Å². The molecule has 48 heavy (non-hydrogen) atoms. The molecule has 0 atom stereocenters. The lowest BCUT2D eigenvalue weighted by molar-refractivity contribution is -0.138. The van der Waals surface area contributed by atoms with Gasteiger partial charge in [-0.25, -0.2) is 23.7 Å². The third-order valence-corrected chi connectivity index (χ3v) is 7.41. The summed E-state index contributed by atoms with van der Waals surface area (Å²) in [6.07, 6.45) is -7.06. The van der Waals surface area contributed by atoms with Gasteiger partial charge < -0.3 is 9.47 Å². The van der Waals surface area contributed by atoms with Crippen LogP contribution in [0.4, 0.5) is 35.1 Å². The summed E-state index contributed by atoms with van der Waals surface area (Å²) in [5.74, 6) is -2.52. The van der Waals surface area contributed by atoms with Crippen LogP contribution in [0.3, 0.4) is 0 Å². The number of benzene rings is 3. The maximum Gasteiger partial charge on any atom is 0.417 e. The number of hydrogen-bond donors (Lipinski definition) is 0. The van der Waals surface area contributed by atoms with Gasteiger partial charge in [0.25, 0.3) is 0 Å². The number of imidazole rings is 1. The van der Waals surface area contributed by atoms with Crippen molar-refractivity contribution >= 4 is 0 Å². The van der Waals surface area contributed by atoms with Crippen LogP contribution in [0, 0.1) is 11.6 Å². The van der Waals surface area contributed by atoms with E-state index in [-0.39, 0.29) is 63.3 Å². The van der Waals surface area contributed by atoms with Crippen molar-refractivity contribution in [1.82, 2.24) is 24.7 Å². The van der Waals surface area contributed by atoms with Crippen LogP contribution in [0.1, 0.15) is 16.7 Å². The van der Waals surface area contributed by atoms with Gasteiger partial charge in [0.2, 0.25) is 0 Å². The molecule has 4 aromatic rings. The Hall–Kier alpha value is -5.60. The average Bonchev–Trinajstić information content (AvgIpc) is 3.48. The zero-order chi connectivity index (χ0) is 34.4. The second-order valence-corrected chi connectivity index (χ2v) is 10.4. The first-order valence-electron chi connectivity index (χ1n) is 13.9. The zero-order valence-electron chi connectivity index (χ0n) is 24.8. The Bertz CT molecular complexity index is 2110. The van der Waals surface area contributed by atoms with E-state index in [9.17, 15) is 35.1 Å². The van der Waals surface area contributed by atoms with Crippen LogP contribution < -0.4 is 9.47 Å². The second kappa shape index (κ2) is 12.2. The van der Waals surface area contributed by atoms with Crippen molar-refractivity contribution in [1.29, 1.82) is 0 Å². The van der Waals surface area contributed by atoms with Crippen LogP contribution in [-0.2, 0) is 18.9 Å². The predicted molar refractivity (Wildman–Crippen MR) is 157 cm³/mol. The van der Waals surface area contributed by atoms with E-state index in [4.69, 9.17) is 9.47 Å². The topological polar surface area (TPSA) is 75.0 Å². The molecular weight excluding hydrogens is 650 g/mol. The summed E-state index contributed by atoms with van der Waals surface area (Å²) in [7, 11) is 2.40. The van der Waals surface area contributed by atoms with E-state index in [1.165, 1.54) is 67.7 Å². The first-order chi connectivity index (χ1) is 22.8. The smallest absolute Gasteiger partial charge is 0.417 e. The van der Waals surface area contributed by atoms with Crippen molar-refractivity contribution < 1.29 is 44.6 Å². The molecule has 0 saturated heterocycles. The molecule has 0 aliphatic carbocycles. The molecule has 0 amide bonds. The van der Waals surface area contributed by atoms with Gasteiger partial charge >= 0.3 is 12.4 Å². The highest BCUT2D eigenvalue weighted by atomic mass is 19.4. The molecule has 0 fully saturated rings. The molecule has 0 radical (unpaired) electrons. The predicted octanol–water partition coefficient (Wildman–Crippen LogP) is 8.56. The minimum atomic E-state index is -4.90. The van der Waals surface area contributed by atoms with Crippen molar-refractivity contribution in [3.63, 3.8) is 0 Å². The largest absolute Gasteiger partial charge is 0.497 e. The highest BCUT2D eigenvalue weighted by Crippen LogP contribution is 2.42. The minimum absolute atomic E-state index is 0.0748. The molecule has 2 aliphatic heterocycles. The fraction of sp³-hybridized carbons (Fsp3) is 0.152. The quantitative estimate of drug-likeness (QED) is 0.158. The minimum Gasteiger partial charge on any atom is -0.497 e.